The van der Waals surface area contributed by atoms with E-state index in [1.54, 1.807) is 24.3 Å². The smallest absolute Gasteiger partial charge is 0.257 e. The van der Waals surface area contributed by atoms with E-state index in [2.05, 4.69) is 36.5 Å². The van der Waals surface area contributed by atoms with Gasteiger partial charge in [-0.2, -0.15) is 4.39 Å². The van der Waals surface area contributed by atoms with Crippen molar-refractivity contribution in [3.05, 3.63) is 101 Å². The van der Waals surface area contributed by atoms with Crippen LogP contribution in [-0.2, 0) is 28.7 Å². The molecule has 1 unspecified atom stereocenters. The Hall–Kier alpha value is -5.98. The molecule has 1 aromatic heterocycles. The number of hydrogen-bond acceptors (Lipinski definition) is 11. The topological polar surface area (TPSA) is 183 Å². The van der Waals surface area contributed by atoms with Gasteiger partial charge in [0.25, 0.3) is 5.91 Å². The molecule has 0 radical (unpaired) electrons. The number of likely N-dealkylation sites (tertiary alicyclic amines) is 1. The molecule has 5 N–H and O–H groups in total. The van der Waals surface area contributed by atoms with Crippen LogP contribution in [0.15, 0.2) is 78.2 Å². The minimum Gasteiger partial charge on any atom is -0.480 e. The highest BCUT2D eigenvalue weighted by Crippen LogP contribution is 2.37. The minimum atomic E-state index is -1.19. The van der Waals surface area contributed by atoms with Crippen molar-refractivity contribution in [3.63, 3.8) is 0 Å². The van der Waals surface area contributed by atoms with Crippen molar-refractivity contribution in [2.75, 3.05) is 64.5 Å². The van der Waals surface area contributed by atoms with Gasteiger partial charge >= 0.3 is 0 Å². The molecule has 3 aromatic carbocycles. The van der Waals surface area contributed by atoms with Crippen molar-refractivity contribution in [1.82, 2.24) is 36.5 Å². The summed E-state index contributed by atoms with van der Waals surface area (Å²) in [6, 6.07) is 18.4. The van der Waals surface area contributed by atoms with Crippen LogP contribution in [0.25, 0.3) is 11.3 Å². The summed E-state index contributed by atoms with van der Waals surface area (Å²) in [6.45, 7) is 4.75. The Labute approximate surface area is 419 Å². The Kier molecular flexibility index (Phi) is 19.7. The first-order chi connectivity index (χ1) is 34.5. The average Bonchev–Trinajstić information content (AvgIpc) is 4.11. The number of morpholine rings is 1. The highest BCUT2D eigenvalue weighted by atomic mass is 32.1. The zero-order valence-electron chi connectivity index (χ0n) is 40.8. The Morgan fingerprint density at radius 3 is 2.11 bits per heavy atom. The number of anilines is 1. The van der Waals surface area contributed by atoms with Crippen LogP contribution in [0.4, 0.5) is 13.9 Å². The van der Waals surface area contributed by atoms with E-state index in [-0.39, 0.29) is 35.0 Å². The first-order valence-corrected chi connectivity index (χ1v) is 26.0. The van der Waals surface area contributed by atoms with Gasteiger partial charge in [-0.1, -0.05) is 92.8 Å². The van der Waals surface area contributed by atoms with Gasteiger partial charge in [-0.3, -0.25) is 24.0 Å². The summed E-state index contributed by atoms with van der Waals surface area (Å²) in [5.41, 5.74) is 2.34. The second-order valence-corrected chi connectivity index (χ2v) is 19.4. The number of hydrogen-bond donors (Lipinski definition) is 5. The van der Waals surface area contributed by atoms with Crippen LogP contribution in [0.5, 0.6) is 5.75 Å². The van der Waals surface area contributed by atoms with Crippen molar-refractivity contribution in [1.29, 1.82) is 0 Å². The summed E-state index contributed by atoms with van der Waals surface area (Å²) in [4.78, 5) is 77.7. The van der Waals surface area contributed by atoms with Gasteiger partial charge in [-0.15, -0.1) is 11.3 Å². The molecule has 18 heteroatoms. The number of nitrogens with one attached hydrogen (secondary N) is 5. The Morgan fingerprint density at radius 1 is 0.789 bits per heavy atom. The Bertz CT molecular complexity index is 2340. The molecule has 71 heavy (non-hydrogen) atoms. The second-order valence-electron chi connectivity index (χ2n) is 18.6. The van der Waals surface area contributed by atoms with Crippen molar-refractivity contribution in [2.45, 2.75) is 108 Å². The van der Waals surface area contributed by atoms with Crippen LogP contribution in [0, 0.1) is 17.6 Å². The van der Waals surface area contributed by atoms with E-state index in [1.807, 2.05) is 60.7 Å². The van der Waals surface area contributed by atoms with Crippen molar-refractivity contribution in [2.24, 2.45) is 5.92 Å². The molecule has 3 aliphatic rings. The molecule has 15 nitrogen and oxygen atoms in total. The molecule has 4 atom stereocenters. The predicted molar refractivity (Wildman–Crippen MR) is 269 cm³/mol. The monoisotopic (exact) mass is 998 g/mol. The number of benzene rings is 3. The molecular formula is C53H68F2N8O7S. The number of nitrogens with zero attached hydrogens (tertiary/aromatic N) is 3. The molecule has 7 rings (SSSR count). The molecular weight excluding hydrogens is 931 g/mol. The lowest BCUT2D eigenvalue weighted by molar-refractivity contribution is -0.143. The Morgan fingerprint density at radius 2 is 1.45 bits per heavy atom. The normalized spacial score (nSPS) is 17.6. The maximum atomic E-state index is 15.0. The summed E-state index contributed by atoms with van der Waals surface area (Å²) in [6.07, 6.45) is 8.40. The van der Waals surface area contributed by atoms with Gasteiger partial charge in [-0.05, 0) is 81.7 Å². The van der Waals surface area contributed by atoms with Gasteiger partial charge in [0.05, 0.1) is 24.9 Å². The quantitative estimate of drug-likeness (QED) is 0.0547. The lowest BCUT2D eigenvalue weighted by Gasteiger charge is -2.36. The zero-order valence-corrected chi connectivity index (χ0v) is 41.6. The molecule has 4 aromatic rings. The van der Waals surface area contributed by atoms with E-state index >= 15 is 4.39 Å². The van der Waals surface area contributed by atoms with Crippen molar-refractivity contribution in [3.8, 4) is 17.0 Å². The summed E-state index contributed by atoms with van der Waals surface area (Å²) < 4.78 is 40.4. The van der Waals surface area contributed by atoms with Crippen molar-refractivity contribution < 1.29 is 42.2 Å². The second kappa shape index (κ2) is 26.5. The van der Waals surface area contributed by atoms with Crippen LogP contribution in [0.2, 0.25) is 0 Å². The third-order valence-corrected chi connectivity index (χ3v) is 14.7. The number of ether oxygens (including phenoxy) is 2. The number of amides is 5. The summed E-state index contributed by atoms with van der Waals surface area (Å²) in [5, 5.41) is 17.4. The molecule has 3 heterocycles. The lowest BCUT2D eigenvalue weighted by atomic mass is 9.83. The summed E-state index contributed by atoms with van der Waals surface area (Å²) in [7, 11) is 1.70. The molecule has 1 aliphatic carbocycles. The van der Waals surface area contributed by atoms with Crippen LogP contribution in [0.1, 0.15) is 94.6 Å². The van der Waals surface area contributed by atoms with Gasteiger partial charge in [-0.25, -0.2) is 9.37 Å². The fraction of sp³-hybridized carbons (Fsp3) is 0.509. The first kappa shape index (κ1) is 52.8. The van der Waals surface area contributed by atoms with E-state index in [1.165, 1.54) is 17.4 Å². The Balaban J connectivity index is 0.931. The maximum Gasteiger partial charge on any atom is 0.257 e. The van der Waals surface area contributed by atoms with E-state index in [9.17, 15) is 28.4 Å². The largest absolute Gasteiger partial charge is 0.480 e. The van der Waals surface area contributed by atoms with Gasteiger partial charge in [0, 0.05) is 49.6 Å². The van der Waals surface area contributed by atoms with Crippen LogP contribution in [-0.4, -0.2) is 123 Å². The van der Waals surface area contributed by atoms with Gasteiger partial charge in [0.2, 0.25) is 29.4 Å². The molecule has 3 fully saturated rings. The number of rotatable bonds is 23. The van der Waals surface area contributed by atoms with Crippen molar-refractivity contribution >= 4 is 46.0 Å². The van der Waals surface area contributed by atoms with Crippen LogP contribution >= 0.6 is 11.3 Å². The summed E-state index contributed by atoms with van der Waals surface area (Å²) in [5.74, 6) is -5.05. The molecule has 0 bridgehead atoms. The molecule has 2 aliphatic heterocycles. The number of thiazole rings is 1. The fourth-order valence-electron chi connectivity index (χ4n) is 9.69. The van der Waals surface area contributed by atoms with E-state index in [0.717, 1.165) is 67.3 Å². The van der Waals surface area contributed by atoms with Crippen LogP contribution < -0.4 is 36.2 Å². The molecule has 1 saturated carbocycles. The number of likely N-dealkylation sites (N-methyl/N-ethyl adjacent to an activating group) is 1. The molecule has 0 spiro atoms. The van der Waals surface area contributed by atoms with Gasteiger partial charge in [0.1, 0.15) is 18.1 Å². The fourth-order valence-corrected chi connectivity index (χ4v) is 10.6. The number of unbranched alkanes of at least 4 members (excludes halogenated alkanes) is 3. The van der Waals surface area contributed by atoms with Gasteiger partial charge < -0.3 is 45.9 Å². The number of halogens is 2. The SMILES string of the molecule is CN[C@@H](C)C(=O)N[C@H](C(=O)N1CCCC1C(=O)N[C@H](C(=O)NCCCCCCNC(=O)COc1c(-c2csc(N3CCOCC3)n2)ccc(F)c1F)C(c1ccccc1)c1ccccc1)C1CCCCC1. The number of carbonyl (C=O) groups excluding carboxylic acids is 5. The standard InChI is InChI=1S/C53H68F2N8O7S/c1-35(56-2)49(65)60-46(38-21-12-7-13-22-38)52(68)63-28-16-23-42(63)50(66)61-47(44(36-17-8-5-9-18-36)37-19-10-6-11-20-37)51(67)58-27-15-4-3-14-26-57-43(64)33-70-48-39(24-25-40(54)45(48)55)41-34-71-53(59-41)62-29-31-69-32-30-62/h5-6,8-11,17-20,24-25,34-35,38,42,44,46-47,56H,3-4,7,12-16,21-23,26-33H2,1-2H3,(H,57,64)(H,58,67)(H,60,65)(H,61,66)/t35-,42?,46-,47-/m0/s1. The molecule has 2 saturated heterocycles. The molecule has 382 valence electrons. The third-order valence-electron chi connectivity index (χ3n) is 13.8. The summed E-state index contributed by atoms with van der Waals surface area (Å²) >= 11 is 1.38. The predicted octanol–water partition coefficient (Wildman–Crippen LogP) is 6.08. The zero-order chi connectivity index (χ0) is 50.1. The van der Waals surface area contributed by atoms with E-state index in [4.69, 9.17) is 9.47 Å². The van der Waals surface area contributed by atoms with E-state index < -0.39 is 60.1 Å². The van der Waals surface area contributed by atoms with Gasteiger partial charge in [0.15, 0.2) is 23.3 Å². The number of aromatic nitrogens is 1. The maximum absolute atomic E-state index is 15.0. The molecule has 5 amide bonds. The van der Waals surface area contributed by atoms with E-state index in [0.29, 0.717) is 77.3 Å². The average molecular weight is 999 g/mol. The highest BCUT2D eigenvalue weighted by molar-refractivity contribution is 7.14. The number of carbonyl (C=O) groups is 5. The van der Waals surface area contributed by atoms with Crippen LogP contribution in [0.3, 0.4) is 0 Å². The first-order valence-electron chi connectivity index (χ1n) is 25.2. The third kappa shape index (κ3) is 14.1. The highest BCUT2D eigenvalue weighted by Gasteiger charge is 2.43. The lowest BCUT2D eigenvalue weighted by Crippen LogP contribution is -2.59. The minimum absolute atomic E-state index is 0.0364.